The summed E-state index contributed by atoms with van der Waals surface area (Å²) in [6, 6.07) is 4.89. The maximum absolute atomic E-state index is 12.0. The van der Waals surface area contributed by atoms with Crippen molar-refractivity contribution in [2.24, 2.45) is 0 Å². The average Bonchev–Trinajstić information content (AvgIpc) is 2.42. The number of aryl methyl sites for hydroxylation is 2. The Morgan fingerprint density at radius 3 is 2.71 bits per heavy atom. The molecule has 6 nitrogen and oxygen atoms in total. The van der Waals surface area contributed by atoms with Crippen LogP contribution in [-0.4, -0.2) is 31.0 Å². The first-order chi connectivity index (χ1) is 9.93. The molecule has 0 bridgehead atoms. The van der Waals surface area contributed by atoms with Gasteiger partial charge in [0.2, 0.25) is 5.91 Å². The summed E-state index contributed by atoms with van der Waals surface area (Å²) in [4.78, 5) is 23.1. The number of anilines is 1. The van der Waals surface area contributed by atoms with Gasteiger partial charge in [-0.3, -0.25) is 4.79 Å². The normalized spacial score (nSPS) is 12.0. The number of amides is 1. The summed E-state index contributed by atoms with van der Waals surface area (Å²) >= 11 is 0. The van der Waals surface area contributed by atoms with Gasteiger partial charge in [0.1, 0.15) is 6.04 Å². The highest BCUT2D eigenvalue weighted by Gasteiger charge is 2.18. The average molecular weight is 294 g/mol. The summed E-state index contributed by atoms with van der Waals surface area (Å²) in [6.07, 6.45) is 0.704. The maximum Gasteiger partial charge on any atom is 0.230 e. The molecule has 0 spiro atoms. The Kier molecular flexibility index (Phi) is 6.84. The molecule has 116 valence electrons. The minimum absolute atomic E-state index is 0.104. The molecular weight excluding hydrogens is 270 g/mol. The Labute approximate surface area is 124 Å². The van der Waals surface area contributed by atoms with Gasteiger partial charge in [-0.15, -0.1) is 0 Å². The van der Waals surface area contributed by atoms with Crippen LogP contribution in [0.1, 0.15) is 24.0 Å². The van der Waals surface area contributed by atoms with Gasteiger partial charge in [-0.05, 0) is 31.0 Å². The van der Waals surface area contributed by atoms with Gasteiger partial charge in [0, 0.05) is 12.1 Å². The zero-order valence-electron chi connectivity index (χ0n) is 12.6. The number of carbonyl (C=O) groups excluding carboxylic acids is 2. The second kappa shape index (κ2) is 8.39. The molecule has 1 amide bonds. The highest BCUT2D eigenvalue weighted by atomic mass is 16.4. The van der Waals surface area contributed by atoms with E-state index in [-0.39, 0.29) is 12.3 Å². The molecule has 0 radical (unpaired) electrons. The Balaban J connectivity index is 2.61. The highest BCUT2D eigenvalue weighted by Crippen LogP contribution is 2.16. The Bertz CT molecular complexity index is 503. The van der Waals surface area contributed by atoms with Gasteiger partial charge in [-0.25, -0.2) is 0 Å². The first kappa shape index (κ1) is 17.1. The molecule has 0 heterocycles. The number of carbonyl (C=O) groups is 2. The third kappa shape index (κ3) is 5.93. The molecule has 0 aliphatic rings. The van der Waals surface area contributed by atoms with Crippen molar-refractivity contribution in [2.75, 3.05) is 18.4 Å². The van der Waals surface area contributed by atoms with Crippen LogP contribution in [0.25, 0.3) is 0 Å². The topological polar surface area (TPSA) is 113 Å². The SMILES string of the molecule is Cc1ccc(C)c(NC(=O)C[C@H]([NH2+]CCC[NH3+])C(=O)[O-])c1. The van der Waals surface area contributed by atoms with Gasteiger partial charge >= 0.3 is 0 Å². The van der Waals surface area contributed by atoms with Crippen LogP contribution in [0.2, 0.25) is 0 Å². The molecule has 0 aliphatic heterocycles. The number of aliphatic carboxylic acids is 1. The molecule has 0 fully saturated rings. The van der Waals surface area contributed by atoms with E-state index in [9.17, 15) is 14.7 Å². The number of nitrogens with two attached hydrogens (primary N) is 1. The van der Waals surface area contributed by atoms with Crippen LogP contribution in [-0.2, 0) is 9.59 Å². The van der Waals surface area contributed by atoms with Crippen molar-refractivity contribution in [3.05, 3.63) is 29.3 Å². The lowest BCUT2D eigenvalue weighted by Crippen LogP contribution is -2.93. The molecule has 1 aromatic carbocycles. The van der Waals surface area contributed by atoms with E-state index in [1.807, 2.05) is 32.0 Å². The molecular formula is C15H24N3O3+. The Morgan fingerprint density at radius 1 is 1.38 bits per heavy atom. The largest absolute Gasteiger partial charge is 0.544 e. The predicted octanol–water partition coefficient (Wildman–Crippen LogP) is -2.05. The molecule has 6 N–H and O–H groups in total. The number of benzene rings is 1. The molecule has 0 saturated heterocycles. The lowest BCUT2D eigenvalue weighted by Gasteiger charge is -2.16. The van der Waals surface area contributed by atoms with Crippen molar-refractivity contribution < 1.29 is 25.7 Å². The number of carboxylic acid groups (broad SMARTS) is 1. The summed E-state index contributed by atoms with van der Waals surface area (Å²) in [7, 11) is 0. The molecule has 1 aromatic rings. The van der Waals surface area contributed by atoms with Crippen LogP contribution in [0, 0.1) is 13.8 Å². The zero-order valence-corrected chi connectivity index (χ0v) is 12.6. The van der Waals surface area contributed by atoms with Crippen molar-refractivity contribution in [3.8, 4) is 0 Å². The smallest absolute Gasteiger partial charge is 0.230 e. The number of rotatable bonds is 8. The zero-order chi connectivity index (χ0) is 15.8. The number of hydrogen-bond donors (Lipinski definition) is 3. The molecule has 21 heavy (non-hydrogen) atoms. The van der Waals surface area contributed by atoms with Gasteiger partial charge < -0.3 is 26.3 Å². The van der Waals surface area contributed by atoms with Gasteiger partial charge in [-0.2, -0.15) is 0 Å². The highest BCUT2D eigenvalue weighted by molar-refractivity contribution is 5.94. The van der Waals surface area contributed by atoms with Crippen molar-refractivity contribution in [2.45, 2.75) is 32.7 Å². The number of nitrogens with one attached hydrogen (secondary N) is 1. The van der Waals surface area contributed by atoms with Crippen LogP contribution in [0.4, 0.5) is 5.69 Å². The van der Waals surface area contributed by atoms with E-state index >= 15 is 0 Å². The summed E-state index contributed by atoms with van der Waals surface area (Å²) in [6.45, 7) is 5.20. The second-order valence-corrected chi connectivity index (χ2v) is 5.23. The van der Waals surface area contributed by atoms with Crippen LogP contribution >= 0.6 is 0 Å². The number of carboxylic acids is 1. The predicted molar refractivity (Wildman–Crippen MR) is 77.1 cm³/mol. The van der Waals surface area contributed by atoms with Crippen LogP contribution in [0.3, 0.4) is 0 Å². The minimum atomic E-state index is -1.21. The minimum Gasteiger partial charge on any atom is -0.544 e. The van der Waals surface area contributed by atoms with Crippen molar-refractivity contribution in [1.82, 2.24) is 0 Å². The summed E-state index contributed by atoms with van der Waals surface area (Å²) in [5, 5.41) is 15.5. The van der Waals surface area contributed by atoms with E-state index in [4.69, 9.17) is 0 Å². The molecule has 1 atom stereocenters. The standard InChI is InChI=1S/C15H23N3O3/c1-10-4-5-11(2)12(8-10)18-14(19)9-13(15(20)21)17-7-3-6-16/h4-5,8,13,17H,3,6-7,9,16H2,1-2H3,(H,18,19)(H,20,21)/p+1/t13-/m0/s1. The summed E-state index contributed by atoms with van der Waals surface area (Å²) in [5.74, 6) is -1.53. The van der Waals surface area contributed by atoms with Gasteiger partial charge in [0.05, 0.1) is 25.5 Å². The molecule has 0 aliphatic carbocycles. The van der Waals surface area contributed by atoms with Crippen LogP contribution in [0.15, 0.2) is 18.2 Å². The summed E-state index contributed by atoms with van der Waals surface area (Å²) in [5.41, 5.74) is 6.40. The quantitative estimate of drug-likeness (QED) is 0.479. The van der Waals surface area contributed by atoms with Crippen molar-refractivity contribution in [3.63, 3.8) is 0 Å². The van der Waals surface area contributed by atoms with E-state index in [1.54, 1.807) is 5.32 Å². The van der Waals surface area contributed by atoms with E-state index in [2.05, 4.69) is 11.1 Å². The molecule has 0 aromatic heterocycles. The first-order valence-corrected chi connectivity index (χ1v) is 7.14. The fourth-order valence-corrected chi connectivity index (χ4v) is 2.00. The first-order valence-electron chi connectivity index (χ1n) is 7.14. The van der Waals surface area contributed by atoms with Gasteiger partial charge in [0.25, 0.3) is 0 Å². The van der Waals surface area contributed by atoms with Crippen LogP contribution in [0.5, 0.6) is 0 Å². The number of hydrogen-bond acceptors (Lipinski definition) is 3. The summed E-state index contributed by atoms with van der Waals surface area (Å²) < 4.78 is 0. The van der Waals surface area contributed by atoms with Crippen molar-refractivity contribution in [1.29, 1.82) is 0 Å². The van der Waals surface area contributed by atoms with Crippen LogP contribution < -0.4 is 21.5 Å². The lowest BCUT2D eigenvalue weighted by molar-refractivity contribution is -0.684. The van der Waals surface area contributed by atoms with E-state index < -0.39 is 12.0 Å². The van der Waals surface area contributed by atoms with E-state index in [1.165, 1.54) is 0 Å². The van der Waals surface area contributed by atoms with Crippen molar-refractivity contribution >= 4 is 17.6 Å². The van der Waals surface area contributed by atoms with E-state index in [0.717, 1.165) is 29.8 Å². The fourth-order valence-electron chi connectivity index (χ4n) is 2.00. The molecule has 0 saturated carbocycles. The lowest BCUT2D eigenvalue weighted by atomic mass is 10.1. The number of quaternary nitrogens is 2. The Hall–Kier alpha value is -1.92. The van der Waals surface area contributed by atoms with Gasteiger partial charge in [-0.1, -0.05) is 12.1 Å². The fraction of sp³-hybridized carbons (Fsp3) is 0.467. The monoisotopic (exact) mass is 294 g/mol. The second-order valence-electron chi connectivity index (χ2n) is 5.23. The third-order valence-electron chi connectivity index (χ3n) is 3.28. The molecule has 6 heteroatoms. The molecule has 0 unspecified atom stereocenters. The van der Waals surface area contributed by atoms with Gasteiger partial charge in [0.15, 0.2) is 0 Å². The Morgan fingerprint density at radius 2 is 2.10 bits per heavy atom. The third-order valence-corrected chi connectivity index (χ3v) is 3.28. The molecule has 1 rings (SSSR count). The van der Waals surface area contributed by atoms with E-state index in [0.29, 0.717) is 6.54 Å². The maximum atomic E-state index is 12.0.